The lowest BCUT2D eigenvalue weighted by Gasteiger charge is -2.62. The first-order chi connectivity index (χ1) is 16.6. The van der Waals surface area contributed by atoms with Crippen molar-refractivity contribution in [2.24, 2.45) is 46.3 Å². The molecule has 0 spiro atoms. The number of amides is 1. The third-order valence-corrected chi connectivity index (χ3v) is 12.1. The summed E-state index contributed by atoms with van der Waals surface area (Å²) in [7, 11) is 0. The fraction of sp³-hybridized carbons (Fsp3) is 0.931. The van der Waals surface area contributed by atoms with Gasteiger partial charge in [-0.3, -0.25) is 4.79 Å². The van der Waals surface area contributed by atoms with Crippen LogP contribution in [0.4, 0.5) is 0 Å². The molecule has 0 aromatic carbocycles. The van der Waals surface area contributed by atoms with Crippen LogP contribution in [0.15, 0.2) is 0 Å². The molecule has 1 aliphatic heterocycles. The molecule has 6 nitrogen and oxygen atoms in total. The topological polar surface area (TPSA) is 98.1 Å². The van der Waals surface area contributed by atoms with Crippen molar-refractivity contribution in [1.82, 2.24) is 4.90 Å². The van der Waals surface area contributed by atoms with Crippen molar-refractivity contribution in [3.63, 3.8) is 0 Å². The maximum absolute atomic E-state index is 12.9. The Balaban J connectivity index is 1.25. The number of carbonyl (C=O) groups is 2. The highest BCUT2D eigenvalue weighted by Gasteiger charge is 2.62. The molecule has 11 atom stereocenters. The molecular weight excluding hydrogens is 442 g/mol. The number of carboxylic acids is 1. The van der Waals surface area contributed by atoms with Gasteiger partial charge < -0.3 is 20.2 Å². The van der Waals surface area contributed by atoms with Crippen molar-refractivity contribution < 1.29 is 24.9 Å². The zero-order chi connectivity index (χ0) is 25.1. The SMILES string of the molecule is C[C@H](CCC(=O)N1CCC[C@H]1C(=O)O)[C@H]1CC[C@H]2[C@@H]3C[C@H](O)[C@H]4C[C@H](O)CC[C@]4(C)[C@H]3CC[C@]12C. The highest BCUT2D eigenvalue weighted by atomic mass is 16.4. The molecule has 0 bridgehead atoms. The zero-order valence-electron chi connectivity index (χ0n) is 22.0. The predicted octanol–water partition coefficient (Wildman–Crippen LogP) is 4.47. The number of hydrogen-bond acceptors (Lipinski definition) is 4. The minimum atomic E-state index is -0.870. The molecule has 4 aliphatic carbocycles. The Morgan fingerprint density at radius 1 is 0.943 bits per heavy atom. The molecule has 0 unspecified atom stereocenters. The standard InChI is InChI=1S/C29H47NO5/c1-17(6-9-26(33)30-14-4-5-24(30)27(34)35)20-7-8-21-19-16-25(32)23-15-18(31)10-12-29(23,3)22(19)11-13-28(20,21)2/h17-25,31-32H,4-16H2,1-3H3,(H,34,35)/t17-,18-,19+,20-,21+,22+,23-,24+,25+,28-,29-/m1/s1. The highest BCUT2D eigenvalue weighted by Crippen LogP contribution is 2.68. The molecule has 5 aliphatic rings. The predicted molar refractivity (Wildman–Crippen MR) is 133 cm³/mol. The summed E-state index contributed by atoms with van der Waals surface area (Å²) in [5, 5.41) is 31.0. The lowest BCUT2D eigenvalue weighted by atomic mass is 9.44. The van der Waals surface area contributed by atoms with Gasteiger partial charge >= 0.3 is 5.97 Å². The van der Waals surface area contributed by atoms with Gasteiger partial charge in [-0.05, 0) is 117 Å². The van der Waals surface area contributed by atoms with Gasteiger partial charge in [-0.15, -0.1) is 0 Å². The van der Waals surface area contributed by atoms with Gasteiger partial charge in [0.25, 0.3) is 0 Å². The van der Waals surface area contributed by atoms with Gasteiger partial charge in [0.1, 0.15) is 6.04 Å². The number of rotatable bonds is 5. The lowest BCUT2D eigenvalue weighted by molar-refractivity contribution is -0.172. The molecule has 1 saturated heterocycles. The Morgan fingerprint density at radius 2 is 1.66 bits per heavy atom. The fourth-order valence-corrected chi connectivity index (χ4v) is 10.3. The number of aliphatic carboxylic acids is 1. The average Bonchev–Trinajstić information content (AvgIpc) is 3.43. The second kappa shape index (κ2) is 9.31. The van der Waals surface area contributed by atoms with E-state index in [1.165, 1.54) is 25.7 Å². The molecule has 0 aromatic rings. The Bertz CT molecular complexity index is 832. The van der Waals surface area contributed by atoms with E-state index < -0.39 is 12.0 Å². The molecule has 3 N–H and O–H groups in total. The maximum Gasteiger partial charge on any atom is 0.326 e. The van der Waals surface area contributed by atoms with E-state index in [0.717, 1.165) is 38.5 Å². The lowest BCUT2D eigenvalue weighted by Crippen LogP contribution is -2.58. The van der Waals surface area contributed by atoms with Crippen molar-refractivity contribution >= 4 is 11.9 Å². The Labute approximate surface area is 210 Å². The summed E-state index contributed by atoms with van der Waals surface area (Å²) in [4.78, 5) is 26.0. The first-order valence-electron chi connectivity index (χ1n) is 14.4. The number of nitrogens with zero attached hydrogens (tertiary/aromatic N) is 1. The summed E-state index contributed by atoms with van der Waals surface area (Å²) >= 11 is 0. The normalized spacial score (nSPS) is 48.1. The third kappa shape index (κ3) is 4.15. The average molecular weight is 490 g/mol. The number of fused-ring (bicyclic) bond motifs is 5. The zero-order valence-corrected chi connectivity index (χ0v) is 22.0. The van der Waals surface area contributed by atoms with Gasteiger partial charge in [-0.25, -0.2) is 4.79 Å². The van der Waals surface area contributed by atoms with Crippen LogP contribution < -0.4 is 0 Å². The summed E-state index contributed by atoms with van der Waals surface area (Å²) < 4.78 is 0. The van der Waals surface area contributed by atoms with Crippen molar-refractivity contribution in [3.05, 3.63) is 0 Å². The second-order valence-corrected chi connectivity index (χ2v) is 13.5. The molecule has 0 radical (unpaired) electrons. The largest absolute Gasteiger partial charge is 0.480 e. The molecule has 5 rings (SSSR count). The van der Waals surface area contributed by atoms with Crippen LogP contribution in [0, 0.1) is 46.3 Å². The summed E-state index contributed by atoms with van der Waals surface area (Å²) in [6.07, 6.45) is 10.6. The van der Waals surface area contributed by atoms with Crippen molar-refractivity contribution in [2.75, 3.05) is 6.54 Å². The number of carboxylic acid groups (broad SMARTS) is 1. The van der Waals surface area contributed by atoms with Gasteiger partial charge in [0, 0.05) is 13.0 Å². The first-order valence-corrected chi connectivity index (χ1v) is 14.4. The van der Waals surface area contributed by atoms with E-state index in [4.69, 9.17) is 0 Å². The van der Waals surface area contributed by atoms with E-state index in [1.54, 1.807) is 4.90 Å². The van der Waals surface area contributed by atoms with E-state index in [9.17, 15) is 24.9 Å². The maximum atomic E-state index is 12.9. The summed E-state index contributed by atoms with van der Waals surface area (Å²) in [5.41, 5.74) is 0.410. The first kappa shape index (κ1) is 25.5. The summed E-state index contributed by atoms with van der Waals surface area (Å²) in [6.45, 7) is 7.80. The van der Waals surface area contributed by atoms with Crippen molar-refractivity contribution in [3.8, 4) is 0 Å². The quantitative estimate of drug-likeness (QED) is 0.529. The van der Waals surface area contributed by atoms with Crippen LogP contribution in [0.25, 0.3) is 0 Å². The van der Waals surface area contributed by atoms with Gasteiger partial charge in [-0.1, -0.05) is 20.8 Å². The molecule has 5 fully saturated rings. The minimum Gasteiger partial charge on any atom is -0.480 e. The number of aliphatic hydroxyl groups is 2. The Kier molecular flexibility index (Phi) is 6.78. The van der Waals surface area contributed by atoms with E-state index in [-0.39, 0.29) is 34.9 Å². The molecule has 4 saturated carbocycles. The van der Waals surface area contributed by atoms with Crippen LogP contribution in [0.5, 0.6) is 0 Å². The van der Waals surface area contributed by atoms with E-state index >= 15 is 0 Å². The molecule has 0 aromatic heterocycles. The van der Waals surface area contributed by atoms with Crippen LogP contribution in [0.3, 0.4) is 0 Å². The molecule has 35 heavy (non-hydrogen) atoms. The van der Waals surface area contributed by atoms with E-state index in [0.29, 0.717) is 49.0 Å². The highest BCUT2D eigenvalue weighted by molar-refractivity contribution is 5.84. The van der Waals surface area contributed by atoms with E-state index in [2.05, 4.69) is 20.8 Å². The number of likely N-dealkylation sites (tertiary alicyclic amines) is 1. The molecule has 198 valence electrons. The molecule has 6 heteroatoms. The number of aliphatic hydroxyl groups excluding tert-OH is 2. The van der Waals surface area contributed by atoms with Gasteiger partial charge in [0.15, 0.2) is 0 Å². The van der Waals surface area contributed by atoms with Gasteiger partial charge in [0.2, 0.25) is 5.91 Å². The summed E-state index contributed by atoms with van der Waals surface area (Å²) in [6, 6.07) is -0.634. The Morgan fingerprint density at radius 3 is 2.40 bits per heavy atom. The monoisotopic (exact) mass is 489 g/mol. The van der Waals surface area contributed by atoms with Crippen molar-refractivity contribution in [1.29, 1.82) is 0 Å². The van der Waals surface area contributed by atoms with Crippen LogP contribution in [-0.4, -0.2) is 56.9 Å². The molecule has 1 amide bonds. The van der Waals surface area contributed by atoms with E-state index in [1.807, 2.05) is 0 Å². The molecular formula is C29H47NO5. The minimum absolute atomic E-state index is 0.0130. The fourth-order valence-electron chi connectivity index (χ4n) is 10.3. The second-order valence-electron chi connectivity index (χ2n) is 13.5. The van der Waals surface area contributed by atoms with Crippen LogP contribution in [0.1, 0.15) is 97.8 Å². The van der Waals surface area contributed by atoms with Crippen molar-refractivity contribution in [2.45, 2.75) is 116 Å². The number of carbonyl (C=O) groups excluding carboxylic acids is 1. The van der Waals surface area contributed by atoms with Gasteiger partial charge in [-0.2, -0.15) is 0 Å². The van der Waals surface area contributed by atoms with Crippen LogP contribution in [-0.2, 0) is 9.59 Å². The third-order valence-electron chi connectivity index (χ3n) is 12.1. The number of hydrogen-bond donors (Lipinski definition) is 3. The smallest absolute Gasteiger partial charge is 0.326 e. The Hall–Kier alpha value is -1.14. The van der Waals surface area contributed by atoms with Crippen LogP contribution >= 0.6 is 0 Å². The van der Waals surface area contributed by atoms with Crippen LogP contribution in [0.2, 0.25) is 0 Å². The van der Waals surface area contributed by atoms with Gasteiger partial charge in [0.05, 0.1) is 12.2 Å². The summed E-state index contributed by atoms with van der Waals surface area (Å²) in [5.74, 6) is 2.27. The molecule has 1 heterocycles.